The van der Waals surface area contributed by atoms with E-state index in [-0.39, 0.29) is 6.61 Å². The van der Waals surface area contributed by atoms with Gasteiger partial charge in [0.15, 0.2) is 0 Å². The van der Waals surface area contributed by atoms with E-state index < -0.39 is 6.10 Å². The Balaban J connectivity index is 2.14. The van der Waals surface area contributed by atoms with Crippen molar-refractivity contribution in [1.82, 2.24) is 4.98 Å². The second-order valence-electron chi connectivity index (χ2n) is 4.28. The number of hydrogen-bond acceptors (Lipinski definition) is 4. The third-order valence-corrected chi connectivity index (χ3v) is 3.11. The average Bonchev–Trinajstić information content (AvgIpc) is 2.46. The quantitative estimate of drug-likeness (QED) is 0.938. The van der Waals surface area contributed by atoms with Crippen molar-refractivity contribution in [2.75, 3.05) is 0 Å². The van der Waals surface area contributed by atoms with Gasteiger partial charge in [0.25, 0.3) is 0 Å². The normalized spacial score (nSPS) is 11.7. The van der Waals surface area contributed by atoms with Crippen LogP contribution < -0.4 is 4.74 Å². The summed E-state index contributed by atoms with van der Waals surface area (Å²) in [6.07, 6.45) is 0.983. The van der Waals surface area contributed by atoms with Gasteiger partial charge >= 0.3 is 0 Å². The summed E-state index contributed by atoms with van der Waals surface area (Å²) in [4.78, 5) is 3.96. The topological polar surface area (TPSA) is 66.1 Å². The lowest BCUT2D eigenvalue weighted by Gasteiger charge is -2.11. The number of ether oxygens (including phenoxy) is 1. The highest BCUT2D eigenvalue weighted by molar-refractivity contribution is 6.32. The predicted molar refractivity (Wildman–Crippen MR) is 75.4 cm³/mol. The maximum atomic E-state index is 9.47. The number of benzene rings is 1. The van der Waals surface area contributed by atoms with Crippen LogP contribution in [0.4, 0.5) is 0 Å². The first-order valence-corrected chi connectivity index (χ1v) is 6.44. The number of nitriles is 1. The zero-order chi connectivity index (χ0) is 14.5. The lowest BCUT2D eigenvalue weighted by Crippen LogP contribution is -2.00. The van der Waals surface area contributed by atoms with Crippen LogP contribution in [0, 0.1) is 11.3 Å². The number of pyridine rings is 1. The highest BCUT2D eigenvalue weighted by Gasteiger charge is 2.08. The summed E-state index contributed by atoms with van der Waals surface area (Å²) in [7, 11) is 0. The monoisotopic (exact) mass is 288 g/mol. The molecule has 1 aromatic heterocycles. The standard InChI is InChI=1S/C15H13ClN2O2/c1-10(19)11-4-5-15(13(16)7-11)20-9-12-3-2-6-18-14(12)8-17/h2-7,10,19H,9H2,1H3/t10-/m1/s1. The van der Waals surface area contributed by atoms with Gasteiger partial charge < -0.3 is 9.84 Å². The fraction of sp³-hybridized carbons (Fsp3) is 0.200. The van der Waals surface area contributed by atoms with Crippen LogP contribution in [0.3, 0.4) is 0 Å². The second-order valence-corrected chi connectivity index (χ2v) is 4.68. The Labute approximate surface area is 122 Å². The zero-order valence-corrected chi connectivity index (χ0v) is 11.6. The molecule has 4 nitrogen and oxygen atoms in total. The molecule has 0 radical (unpaired) electrons. The van der Waals surface area contributed by atoms with Crippen LogP contribution in [0.25, 0.3) is 0 Å². The molecule has 0 fully saturated rings. The number of aliphatic hydroxyl groups excluding tert-OH is 1. The van der Waals surface area contributed by atoms with Crippen molar-refractivity contribution in [2.24, 2.45) is 0 Å². The van der Waals surface area contributed by atoms with Crippen LogP contribution in [-0.2, 0) is 6.61 Å². The molecule has 0 aliphatic rings. The van der Waals surface area contributed by atoms with E-state index >= 15 is 0 Å². The zero-order valence-electron chi connectivity index (χ0n) is 10.9. The van der Waals surface area contributed by atoms with Crippen molar-refractivity contribution in [2.45, 2.75) is 19.6 Å². The van der Waals surface area contributed by atoms with Crippen molar-refractivity contribution >= 4 is 11.6 Å². The molecule has 0 saturated heterocycles. The highest BCUT2D eigenvalue weighted by Crippen LogP contribution is 2.28. The number of aliphatic hydroxyl groups is 1. The minimum atomic E-state index is -0.579. The molecule has 0 aliphatic heterocycles. The fourth-order valence-corrected chi connectivity index (χ4v) is 1.95. The Morgan fingerprint density at radius 3 is 2.90 bits per heavy atom. The minimum Gasteiger partial charge on any atom is -0.487 e. The smallest absolute Gasteiger partial charge is 0.147 e. The fourth-order valence-electron chi connectivity index (χ4n) is 1.71. The summed E-state index contributed by atoms with van der Waals surface area (Å²) in [5.41, 5.74) is 1.76. The van der Waals surface area contributed by atoms with Gasteiger partial charge in [0.2, 0.25) is 0 Å². The Hall–Kier alpha value is -2.09. The largest absolute Gasteiger partial charge is 0.487 e. The van der Waals surface area contributed by atoms with Gasteiger partial charge in [-0.3, -0.25) is 0 Å². The van der Waals surface area contributed by atoms with E-state index in [1.807, 2.05) is 6.07 Å². The average molecular weight is 289 g/mol. The van der Waals surface area contributed by atoms with E-state index in [0.717, 1.165) is 5.56 Å². The number of halogens is 1. The van der Waals surface area contributed by atoms with E-state index in [2.05, 4.69) is 4.98 Å². The van der Waals surface area contributed by atoms with Crippen molar-refractivity contribution < 1.29 is 9.84 Å². The third kappa shape index (κ3) is 3.27. The van der Waals surface area contributed by atoms with Gasteiger partial charge in [0, 0.05) is 11.8 Å². The molecule has 5 heteroatoms. The van der Waals surface area contributed by atoms with Crippen molar-refractivity contribution in [3.05, 3.63) is 58.4 Å². The van der Waals surface area contributed by atoms with Crippen LogP contribution in [-0.4, -0.2) is 10.1 Å². The Morgan fingerprint density at radius 1 is 1.45 bits per heavy atom. The van der Waals surface area contributed by atoms with Crippen LogP contribution in [0.2, 0.25) is 5.02 Å². The van der Waals surface area contributed by atoms with Gasteiger partial charge in [0.1, 0.15) is 24.1 Å². The summed E-state index contributed by atoms with van der Waals surface area (Å²) in [6, 6.07) is 10.7. The van der Waals surface area contributed by atoms with Gasteiger partial charge in [-0.25, -0.2) is 4.98 Å². The van der Waals surface area contributed by atoms with E-state index in [4.69, 9.17) is 21.6 Å². The molecule has 1 aromatic carbocycles. The molecular formula is C15H13ClN2O2. The molecule has 0 bridgehead atoms. The summed E-state index contributed by atoms with van der Waals surface area (Å²) in [5, 5.41) is 18.8. The van der Waals surface area contributed by atoms with Crippen LogP contribution in [0.15, 0.2) is 36.5 Å². The molecule has 0 spiro atoms. The highest BCUT2D eigenvalue weighted by atomic mass is 35.5. The molecule has 0 aliphatic carbocycles. The molecule has 0 amide bonds. The molecule has 2 aromatic rings. The first-order chi connectivity index (χ1) is 9.61. The van der Waals surface area contributed by atoms with Crippen LogP contribution >= 0.6 is 11.6 Å². The second kappa shape index (κ2) is 6.38. The van der Waals surface area contributed by atoms with E-state index in [1.165, 1.54) is 0 Å². The SMILES string of the molecule is C[C@@H](O)c1ccc(OCc2cccnc2C#N)c(Cl)c1. The van der Waals surface area contributed by atoms with Crippen molar-refractivity contribution in [1.29, 1.82) is 5.26 Å². The Morgan fingerprint density at radius 2 is 2.25 bits per heavy atom. The predicted octanol–water partition coefficient (Wildman–Crippen LogP) is 3.24. The first-order valence-electron chi connectivity index (χ1n) is 6.06. The van der Waals surface area contributed by atoms with Gasteiger partial charge in [-0.1, -0.05) is 23.7 Å². The first kappa shape index (κ1) is 14.3. The number of hydrogen-bond donors (Lipinski definition) is 1. The Bertz CT molecular complexity index is 651. The van der Waals surface area contributed by atoms with E-state index in [1.54, 1.807) is 43.5 Å². The van der Waals surface area contributed by atoms with Crippen molar-refractivity contribution in [3.63, 3.8) is 0 Å². The van der Waals surface area contributed by atoms with Crippen LogP contribution in [0.1, 0.15) is 29.8 Å². The third-order valence-electron chi connectivity index (χ3n) is 2.82. The summed E-state index contributed by atoms with van der Waals surface area (Å²) >= 11 is 6.10. The van der Waals surface area contributed by atoms with Gasteiger partial charge in [-0.05, 0) is 30.7 Å². The van der Waals surface area contributed by atoms with Gasteiger partial charge in [-0.2, -0.15) is 5.26 Å². The van der Waals surface area contributed by atoms with E-state index in [0.29, 0.717) is 22.0 Å². The minimum absolute atomic E-state index is 0.213. The molecule has 1 atom stereocenters. The molecule has 1 N–H and O–H groups in total. The molecule has 0 saturated carbocycles. The van der Waals surface area contributed by atoms with Gasteiger partial charge in [0.05, 0.1) is 11.1 Å². The number of nitrogens with zero attached hydrogens (tertiary/aromatic N) is 2. The van der Waals surface area contributed by atoms with Gasteiger partial charge in [-0.15, -0.1) is 0 Å². The molecule has 1 heterocycles. The lowest BCUT2D eigenvalue weighted by atomic mass is 10.1. The number of rotatable bonds is 4. The molecule has 0 unspecified atom stereocenters. The maximum Gasteiger partial charge on any atom is 0.147 e. The molecule has 2 rings (SSSR count). The molecule has 20 heavy (non-hydrogen) atoms. The lowest BCUT2D eigenvalue weighted by molar-refractivity contribution is 0.199. The summed E-state index contributed by atoms with van der Waals surface area (Å²) in [5.74, 6) is 0.504. The summed E-state index contributed by atoms with van der Waals surface area (Å²) in [6.45, 7) is 1.88. The Kier molecular flexibility index (Phi) is 4.57. The van der Waals surface area contributed by atoms with Crippen LogP contribution in [0.5, 0.6) is 5.75 Å². The van der Waals surface area contributed by atoms with Crippen molar-refractivity contribution in [3.8, 4) is 11.8 Å². The van der Waals surface area contributed by atoms with E-state index in [9.17, 15) is 5.11 Å². The maximum absolute atomic E-state index is 9.47. The number of aromatic nitrogens is 1. The molecule has 102 valence electrons. The molecular weight excluding hydrogens is 276 g/mol. The summed E-state index contributed by atoms with van der Waals surface area (Å²) < 4.78 is 5.60.